The third-order valence-corrected chi connectivity index (χ3v) is 2.54. The lowest BCUT2D eigenvalue weighted by molar-refractivity contribution is -0.129. The standard InChI is InChI=1S/C10H11F3N2O/c11-10(12,13)8-3-5-15(6-4-14-8)9(16)7-1-2-7/h3,5,7H,1-2,4,6H2. The Hall–Kier alpha value is -1.33. The van der Waals surface area contributed by atoms with Gasteiger partial charge >= 0.3 is 6.18 Å². The average molecular weight is 232 g/mol. The molecular formula is C10H11F3N2O. The summed E-state index contributed by atoms with van der Waals surface area (Å²) < 4.78 is 37.0. The van der Waals surface area contributed by atoms with E-state index < -0.39 is 11.9 Å². The van der Waals surface area contributed by atoms with Crippen molar-refractivity contribution in [2.24, 2.45) is 10.9 Å². The van der Waals surface area contributed by atoms with Crippen LogP contribution in [0.25, 0.3) is 0 Å². The molecule has 0 bridgehead atoms. The number of allylic oxidation sites excluding steroid dienone is 1. The average Bonchev–Trinajstić information content (AvgIpc) is 3.02. The molecule has 0 spiro atoms. The van der Waals surface area contributed by atoms with Crippen molar-refractivity contribution < 1.29 is 18.0 Å². The molecule has 0 N–H and O–H groups in total. The van der Waals surface area contributed by atoms with Crippen LogP contribution in [0.5, 0.6) is 0 Å². The van der Waals surface area contributed by atoms with Crippen molar-refractivity contribution in [3.05, 3.63) is 12.3 Å². The first-order valence-corrected chi connectivity index (χ1v) is 5.09. The molecule has 0 unspecified atom stereocenters. The number of nitrogens with zero attached hydrogens (tertiary/aromatic N) is 2. The summed E-state index contributed by atoms with van der Waals surface area (Å²) in [5.41, 5.74) is -0.918. The van der Waals surface area contributed by atoms with Gasteiger partial charge in [-0.1, -0.05) is 0 Å². The number of amides is 1. The van der Waals surface area contributed by atoms with Crippen molar-refractivity contribution in [2.75, 3.05) is 13.1 Å². The summed E-state index contributed by atoms with van der Waals surface area (Å²) in [6, 6.07) is 0. The molecule has 3 nitrogen and oxygen atoms in total. The van der Waals surface area contributed by atoms with Gasteiger partial charge in [-0.3, -0.25) is 9.79 Å². The predicted molar refractivity (Wildman–Crippen MR) is 51.9 cm³/mol. The highest BCUT2D eigenvalue weighted by Gasteiger charge is 2.36. The minimum Gasteiger partial charge on any atom is -0.317 e. The summed E-state index contributed by atoms with van der Waals surface area (Å²) in [4.78, 5) is 16.4. The Morgan fingerprint density at radius 2 is 2.12 bits per heavy atom. The zero-order chi connectivity index (χ0) is 11.8. The van der Waals surface area contributed by atoms with Crippen molar-refractivity contribution >= 4 is 11.6 Å². The van der Waals surface area contributed by atoms with Gasteiger partial charge in [-0.15, -0.1) is 0 Å². The summed E-state index contributed by atoms with van der Waals surface area (Å²) in [5, 5.41) is 0. The van der Waals surface area contributed by atoms with Gasteiger partial charge in [0, 0.05) is 18.7 Å². The van der Waals surface area contributed by atoms with Crippen LogP contribution in [0, 0.1) is 5.92 Å². The van der Waals surface area contributed by atoms with Crippen LogP contribution in [-0.4, -0.2) is 35.8 Å². The molecule has 1 saturated carbocycles. The monoisotopic (exact) mass is 232 g/mol. The zero-order valence-electron chi connectivity index (χ0n) is 8.50. The summed E-state index contributed by atoms with van der Waals surface area (Å²) in [6.07, 6.45) is -0.686. The quantitative estimate of drug-likeness (QED) is 0.678. The lowest BCUT2D eigenvalue weighted by Crippen LogP contribution is -2.28. The topological polar surface area (TPSA) is 32.7 Å². The predicted octanol–water partition coefficient (Wildman–Crippen LogP) is 1.76. The van der Waals surface area contributed by atoms with E-state index in [4.69, 9.17) is 0 Å². The molecule has 0 radical (unpaired) electrons. The normalized spacial score (nSPS) is 21.7. The Bertz CT molecular complexity index is 356. The smallest absolute Gasteiger partial charge is 0.317 e. The fourth-order valence-electron chi connectivity index (χ4n) is 1.50. The van der Waals surface area contributed by atoms with Crippen molar-refractivity contribution in [3.8, 4) is 0 Å². The van der Waals surface area contributed by atoms with Crippen LogP contribution in [0.1, 0.15) is 12.8 Å². The van der Waals surface area contributed by atoms with Crippen molar-refractivity contribution in [1.29, 1.82) is 0 Å². The molecule has 16 heavy (non-hydrogen) atoms. The van der Waals surface area contributed by atoms with Crippen LogP contribution in [0.4, 0.5) is 13.2 Å². The number of alkyl halides is 3. The number of aliphatic imine (C=N–C) groups is 1. The van der Waals surface area contributed by atoms with Gasteiger partial charge in [-0.05, 0) is 18.9 Å². The molecule has 1 aliphatic heterocycles. The minimum atomic E-state index is -4.44. The highest BCUT2D eigenvalue weighted by molar-refractivity contribution is 6.00. The third kappa shape index (κ3) is 2.43. The second-order valence-corrected chi connectivity index (χ2v) is 3.89. The van der Waals surface area contributed by atoms with Gasteiger partial charge in [0.05, 0.1) is 6.54 Å². The first-order valence-electron chi connectivity index (χ1n) is 5.09. The van der Waals surface area contributed by atoms with E-state index >= 15 is 0 Å². The van der Waals surface area contributed by atoms with E-state index in [2.05, 4.69) is 4.99 Å². The van der Waals surface area contributed by atoms with Crippen LogP contribution < -0.4 is 0 Å². The van der Waals surface area contributed by atoms with E-state index in [1.165, 1.54) is 11.1 Å². The molecule has 1 aliphatic carbocycles. The molecule has 0 aromatic carbocycles. The maximum atomic E-state index is 12.3. The highest BCUT2D eigenvalue weighted by Crippen LogP contribution is 2.31. The van der Waals surface area contributed by atoms with Crippen LogP contribution in [0.15, 0.2) is 17.3 Å². The highest BCUT2D eigenvalue weighted by atomic mass is 19.4. The molecular weight excluding hydrogens is 221 g/mol. The molecule has 2 aliphatic rings. The number of rotatable bonds is 1. The van der Waals surface area contributed by atoms with Crippen LogP contribution in [0.2, 0.25) is 0 Å². The van der Waals surface area contributed by atoms with Crippen molar-refractivity contribution in [2.45, 2.75) is 19.0 Å². The van der Waals surface area contributed by atoms with Crippen molar-refractivity contribution in [1.82, 2.24) is 4.90 Å². The van der Waals surface area contributed by atoms with Gasteiger partial charge in [-0.2, -0.15) is 13.2 Å². The van der Waals surface area contributed by atoms with E-state index in [1.54, 1.807) is 0 Å². The van der Waals surface area contributed by atoms with Crippen LogP contribution in [-0.2, 0) is 4.79 Å². The van der Waals surface area contributed by atoms with Gasteiger partial charge in [0.25, 0.3) is 0 Å². The second-order valence-electron chi connectivity index (χ2n) is 3.89. The molecule has 0 atom stereocenters. The van der Waals surface area contributed by atoms with E-state index in [0.29, 0.717) is 0 Å². The zero-order valence-corrected chi connectivity index (χ0v) is 8.50. The Kier molecular flexibility index (Phi) is 2.73. The fraction of sp³-hybridized carbons (Fsp3) is 0.600. The summed E-state index contributed by atoms with van der Waals surface area (Å²) >= 11 is 0. The Morgan fingerprint density at radius 3 is 2.69 bits per heavy atom. The largest absolute Gasteiger partial charge is 0.432 e. The summed E-state index contributed by atoms with van der Waals surface area (Å²) in [6.45, 7) is 0.228. The van der Waals surface area contributed by atoms with E-state index in [1.807, 2.05) is 0 Å². The molecule has 88 valence electrons. The molecule has 1 fully saturated rings. The molecule has 0 aromatic rings. The molecule has 6 heteroatoms. The lowest BCUT2D eigenvalue weighted by atomic mass is 10.3. The molecule has 0 aromatic heterocycles. The first kappa shape index (κ1) is 11.2. The molecule has 1 heterocycles. The SMILES string of the molecule is O=C(C1CC1)N1C=CC(C(F)(F)F)=NCC1. The second kappa shape index (κ2) is 3.92. The van der Waals surface area contributed by atoms with Gasteiger partial charge in [0.2, 0.25) is 5.91 Å². The van der Waals surface area contributed by atoms with Crippen molar-refractivity contribution in [3.63, 3.8) is 0 Å². The van der Waals surface area contributed by atoms with Crippen LogP contribution >= 0.6 is 0 Å². The first-order chi connectivity index (χ1) is 7.48. The van der Waals surface area contributed by atoms with E-state index in [0.717, 1.165) is 18.9 Å². The van der Waals surface area contributed by atoms with Gasteiger partial charge < -0.3 is 4.90 Å². The maximum absolute atomic E-state index is 12.3. The van der Waals surface area contributed by atoms with Crippen LogP contribution in [0.3, 0.4) is 0 Å². The molecule has 1 amide bonds. The Morgan fingerprint density at radius 1 is 1.44 bits per heavy atom. The number of carbonyl (C=O) groups excluding carboxylic acids is 1. The Labute approximate surface area is 90.6 Å². The fourth-order valence-corrected chi connectivity index (χ4v) is 1.50. The third-order valence-electron chi connectivity index (χ3n) is 2.54. The molecule has 0 saturated heterocycles. The number of carbonyl (C=O) groups is 1. The van der Waals surface area contributed by atoms with Gasteiger partial charge in [0.15, 0.2) is 0 Å². The minimum absolute atomic E-state index is 0.000301. The van der Waals surface area contributed by atoms with Gasteiger partial charge in [0.1, 0.15) is 5.71 Å². The number of hydrogen-bond acceptors (Lipinski definition) is 2. The summed E-state index contributed by atoms with van der Waals surface area (Å²) in [7, 11) is 0. The molecule has 2 rings (SSSR count). The lowest BCUT2D eigenvalue weighted by Gasteiger charge is -2.15. The van der Waals surface area contributed by atoms with Gasteiger partial charge in [-0.25, -0.2) is 0 Å². The summed E-state index contributed by atoms with van der Waals surface area (Å²) in [5.74, 6) is -0.0769. The van der Waals surface area contributed by atoms with E-state index in [-0.39, 0.29) is 24.9 Å². The number of halogens is 3. The Balaban J connectivity index is 2.06. The van der Waals surface area contributed by atoms with E-state index in [9.17, 15) is 18.0 Å². The number of hydrogen-bond donors (Lipinski definition) is 0. The maximum Gasteiger partial charge on any atom is 0.432 e.